The minimum absolute atomic E-state index is 0.0663. The molecule has 0 saturated carbocycles. The van der Waals surface area contributed by atoms with Crippen LogP contribution in [0.1, 0.15) is 35.5 Å². The lowest BCUT2D eigenvalue weighted by atomic mass is 9.89. The number of carbonyl (C=O) groups is 1. The molecule has 0 spiro atoms. The molecule has 0 aliphatic carbocycles. The number of nitrogens with one attached hydrogen (secondary N) is 1. The maximum atomic E-state index is 13.2. The molecule has 3 aliphatic heterocycles. The summed E-state index contributed by atoms with van der Waals surface area (Å²) < 4.78 is 10.9. The molecular formula is C26H21N3O5. The number of hydrogen-bond acceptors (Lipinski definition) is 5. The SMILES string of the molecule is CC12OC(CC1(O)COO)n1c3ccccc3c3c4c(c5c6ccccc6n2c5c31)CNC4=O. The molecule has 1 fully saturated rings. The first-order valence-corrected chi connectivity index (χ1v) is 11.4. The summed E-state index contributed by atoms with van der Waals surface area (Å²) in [4.78, 5) is 17.7. The summed E-state index contributed by atoms with van der Waals surface area (Å²) in [6.45, 7) is 2.00. The van der Waals surface area contributed by atoms with Crippen LogP contribution < -0.4 is 5.32 Å². The van der Waals surface area contributed by atoms with Crippen molar-refractivity contribution in [1.29, 1.82) is 0 Å². The van der Waals surface area contributed by atoms with E-state index in [1.807, 2.05) is 49.4 Å². The van der Waals surface area contributed by atoms with Crippen LogP contribution in [-0.4, -0.2) is 37.6 Å². The Kier molecular flexibility index (Phi) is 3.22. The summed E-state index contributed by atoms with van der Waals surface area (Å²) in [5.41, 5.74) is 2.65. The molecule has 3 aliphatic rings. The number of fused-ring (bicyclic) bond motifs is 13. The van der Waals surface area contributed by atoms with Gasteiger partial charge in [-0.25, -0.2) is 4.89 Å². The van der Waals surface area contributed by atoms with Gasteiger partial charge in [0.05, 0.1) is 27.6 Å². The van der Waals surface area contributed by atoms with Crippen molar-refractivity contribution >= 4 is 49.5 Å². The zero-order valence-corrected chi connectivity index (χ0v) is 18.3. The minimum atomic E-state index is -1.50. The van der Waals surface area contributed by atoms with Crippen molar-refractivity contribution in [1.82, 2.24) is 14.5 Å². The number of para-hydroxylation sites is 2. The average molecular weight is 455 g/mol. The second-order valence-electron chi connectivity index (χ2n) is 9.79. The number of aromatic nitrogens is 2. The van der Waals surface area contributed by atoms with Crippen LogP contribution in [0.3, 0.4) is 0 Å². The number of aliphatic hydroxyl groups is 1. The number of carbonyl (C=O) groups excluding carboxylic acids is 1. The van der Waals surface area contributed by atoms with Crippen LogP contribution in [-0.2, 0) is 21.9 Å². The van der Waals surface area contributed by atoms with Gasteiger partial charge >= 0.3 is 0 Å². The van der Waals surface area contributed by atoms with Gasteiger partial charge in [-0.1, -0.05) is 36.4 Å². The first kappa shape index (κ1) is 18.9. The van der Waals surface area contributed by atoms with Gasteiger partial charge in [0.25, 0.3) is 5.91 Å². The molecule has 2 aromatic heterocycles. The lowest BCUT2D eigenvalue weighted by Crippen LogP contribution is -2.53. The fraction of sp³-hybridized carbons (Fsp3) is 0.269. The van der Waals surface area contributed by atoms with Crippen LogP contribution in [0.25, 0.3) is 43.6 Å². The number of amides is 1. The van der Waals surface area contributed by atoms with E-state index < -0.39 is 17.6 Å². The molecule has 2 bridgehead atoms. The minimum Gasteiger partial charge on any atom is -0.382 e. The molecule has 3 N–H and O–H groups in total. The van der Waals surface area contributed by atoms with Crippen LogP contribution in [0.4, 0.5) is 0 Å². The lowest BCUT2D eigenvalue weighted by Gasteiger charge is -2.38. The Morgan fingerprint density at radius 1 is 1.09 bits per heavy atom. The molecule has 5 aromatic rings. The first-order chi connectivity index (χ1) is 16.5. The molecule has 34 heavy (non-hydrogen) atoms. The summed E-state index contributed by atoms with van der Waals surface area (Å²) in [6, 6.07) is 16.0. The van der Waals surface area contributed by atoms with Crippen molar-refractivity contribution in [3.63, 3.8) is 0 Å². The molecule has 3 aromatic carbocycles. The lowest BCUT2D eigenvalue weighted by molar-refractivity contribution is -0.296. The number of ether oxygens (including phenoxy) is 1. The second kappa shape index (κ2) is 5.79. The van der Waals surface area contributed by atoms with Gasteiger partial charge in [-0.05, 0) is 24.6 Å². The molecule has 8 heteroatoms. The molecule has 170 valence electrons. The zero-order chi connectivity index (χ0) is 23.0. The van der Waals surface area contributed by atoms with Crippen LogP contribution in [0.2, 0.25) is 0 Å². The van der Waals surface area contributed by atoms with Crippen LogP contribution in [0, 0.1) is 0 Å². The van der Waals surface area contributed by atoms with Gasteiger partial charge in [0.15, 0.2) is 5.72 Å². The van der Waals surface area contributed by atoms with Crippen LogP contribution in [0.15, 0.2) is 48.5 Å². The average Bonchev–Trinajstić information content (AvgIpc) is 3.51. The number of rotatable bonds is 2. The topological polar surface area (TPSA) is 97.9 Å². The second-order valence-corrected chi connectivity index (χ2v) is 9.79. The molecule has 3 atom stereocenters. The smallest absolute Gasteiger partial charge is 0.252 e. The van der Waals surface area contributed by atoms with E-state index in [1.165, 1.54) is 0 Å². The predicted molar refractivity (Wildman–Crippen MR) is 126 cm³/mol. The van der Waals surface area contributed by atoms with Crippen molar-refractivity contribution in [3.8, 4) is 0 Å². The highest BCUT2D eigenvalue weighted by atomic mass is 17.1. The fourth-order valence-electron chi connectivity index (χ4n) is 6.82. The third kappa shape index (κ3) is 1.84. The molecular weight excluding hydrogens is 434 g/mol. The largest absolute Gasteiger partial charge is 0.382 e. The van der Waals surface area contributed by atoms with E-state index in [0.717, 1.165) is 54.7 Å². The molecule has 5 heterocycles. The molecule has 0 radical (unpaired) electrons. The number of benzene rings is 3. The highest BCUT2D eigenvalue weighted by Crippen LogP contribution is 2.57. The number of hydrogen-bond donors (Lipinski definition) is 3. The van der Waals surface area contributed by atoms with Crippen LogP contribution in [0.5, 0.6) is 0 Å². The Balaban J connectivity index is 1.74. The summed E-state index contributed by atoms with van der Waals surface area (Å²) in [6.07, 6.45) is -0.300. The highest BCUT2D eigenvalue weighted by Gasteiger charge is 2.61. The third-order valence-corrected chi connectivity index (χ3v) is 8.28. The van der Waals surface area contributed by atoms with Gasteiger partial charge in [0, 0.05) is 34.5 Å². The van der Waals surface area contributed by atoms with Gasteiger partial charge < -0.3 is 24.3 Å². The van der Waals surface area contributed by atoms with Crippen molar-refractivity contribution in [2.24, 2.45) is 0 Å². The Morgan fingerprint density at radius 3 is 2.56 bits per heavy atom. The van der Waals surface area contributed by atoms with Gasteiger partial charge in [0.2, 0.25) is 0 Å². The van der Waals surface area contributed by atoms with Crippen molar-refractivity contribution < 1.29 is 24.8 Å². The van der Waals surface area contributed by atoms with Gasteiger partial charge in [-0.3, -0.25) is 10.1 Å². The van der Waals surface area contributed by atoms with Crippen molar-refractivity contribution in [3.05, 3.63) is 59.7 Å². The monoisotopic (exact) mass is 455 g/mol. The Morgan fingerprint density at radius 2 is 1.79 bits per heavy atom. The van der Waals surface area contributed by atoms with E-state index in [9.17, 15) is 15.2 Å². The molecule has 8 rings (SSSR count). The van der Waals surface area contributed by atoms with E-state index in [2.05, 4.69) is 25.4 Å². The standard InChI is InChI=1S/C26H21N3O5/c1-25-26(31,12-33-32)10-18(34-25)28-16-8-4-2-6-13(16)20-21-15(11-27-24(21)30)19-14-7-3-5-9-17(14)29(25)23(19)22(20)28/h2-9,18,31-32H,10-12H2,1H3,(H,27,30). The predicted octanol–water partition coefficient (Wildman–Crippen LogP) is 3.97. The van der Waals surface area contributed by atoms with E-state index in [1.54, 1.807) is 0 Å². The quantitative estimate of drug-likeness (QED) is 0.276. The molecule has 3 unspecified atom stereocenters. The summed E-state index contributed by atoms with van der Waals surface area (Å²) >= 11 is 0. The number of nitrogens with zero attached hydrogens (tertiary/aromatic N) is 2. The first-order valence-electron chi connectivity index (χ1n) is 11.4. The Hall–Kier alpha value is -3.43. The summed E-state index contributed by atoms with van der Waals surface area (Å²) in [5, 5.41) is 28.2. The maximum Gasteiger partial charge on any atom is 0.252 e. The van der Waals surface area contributed by atoms with Crippen LogP contribution >= 0.6 is 0 Å². The fourth-order valence-corrected chi connectivity index (χ4v) is 6.82. The van der Waals surface area contributed by atoms with E-state index in [0.29, 0.717) is 6.54 Å². The summed E-state index contributed by atoms with van der Waals surface area (Å²) in [5.74, 6) is -0.0663. The van der Waals surface area contributed by atoms with Gasteiger partial charge in [0.1, 0.15) is 18.4 Å². The normalized spacial score (nSPS) is 27.4. The highest BCUT2D eigenvalue weighted by molar-refractivity contribution is 6.31. The molecule has 8 nitrogen and oxygen atoms in total. The molecule has 1 amide bonds. The van der Waals surface area contributed by atoms with E-state index in [4.69, 9.17) is 4.74 Å². The Labute approximate surface area is 192 Å². The zero-order valence-electron chi connectivity index (χ0n) is 18.3. The van der Waals surface area contributed by atoms with E-state index >= 15 is 0 Å². The van der Waals surface area contributed by atoms with Gasteiger partial charge in [-0.15, -0.1) is 0 Å². The van der Waals surface area contributed by atoms with Crippen molar-refractivity contribution in [2.45, 2.75) is 37.4 Å². The molecule has 1 saturated heterocycles. The Bertz CT molecular complexity index is 1750. The van der Waals surface area contributed by atoms with E-state index in [-0.39, 0.29) is 18.9 Å². The summed E-state index contributed by atoms with van der Waals surface area (Å²) in [7, 11) is 0. The maximum absolute atomic E-state index is 13.2. The third-order valence-electron chi connectivity index (χ3n) is 8.28. The van der Waals surface area contributed by atoms with Crippen molar-refractivity contribution in [2.75, 3.05) is 6.61 Å². The van der Waals surface area contributed by atoms with Gasteiger partial charge in [-0.2, -0.15) is 0 Å².